The predicted octanol–water partition coefficient (Wildman–Crippen LogP) is 4.11. The Kier molecular flexibility index (Phi) is 3.60. The molecule has 0 aromatic heterocycles. The summed E-state index contributed by atoms with van der Waals surface area (Å²) in [5, 5.41) is 9.78. The Morgan fingerprint density at radius 3 is 2.39 bits per heavy atom. The van der Waals surface area contributed by atoms with Gasteiger partial charge >= 0.3 is 6.36 Å². The maximum absolute atomic E-state index is 12.3. The van der Waals surface area contributed by atoms with Crippen LogP contribution in [0.5, 0.6) is 11.5 Å². The zero-order valence-corrected chi connectivity index (χ0v) is 11.7. The highest BCUT2D eigenvalue weighted by Gasteiger charge is 2.31. The van der Waals surface area contributed by atoms with Crippen molar-refractivity contribution in [1.29, 1.82) is 0 Å². The molecule has 0 amide bonds. The van der Waals surface area contributed by atoms with E-state index in [2.05, 4.69) is 4.74 Å². The number of fused-ring (bicyclic) bond motifs is 1. The SMILES string of the molecule is O=C1/C(=C/c2ccc(OC(F)(F)F)cc2)Cc2c(O)cccc21. The summed E-state index contributed by atoms with van der Waals surface area (Å²) in [5.74, 6) is -0.446. The third-order valence-corrected chi connectivity index (χ3v) is 3.51. The van der Waals surface area contributed by atoms with Crippen molar-refractivity contribution in [1.82, 2.24) is 0 Å². The minimum Gasteiger partial charge on any atom is -0.508 e. The van der Waals surface area contributed by atoms with Crippen LogP contribution in [0.4, 0.5) is 13.2 Å². The minimum absolute atomic E-state index is 0.0631. The zero-order valence-electron chi connectivity index (χ0n) is 11.7. The van der Waals surface area contributed by atoms with E-state index >= 15 is 0 Å². The van der Waals surface area contributed by atoms with Crippen LogP contribution in [0.1, 0.15) is 21.5 Å². The number of rotatable bonds is 2. The Bertz CT molecular complexity index is 790. The first-order valence-electron chi connectivity index (χ1n) is 6.75. The molecule has 0 saturated heterocycles. The molecule has 0 heterocycles. The molecule has 1 N–H and O–H groups in total. The minimum atomic E-state index is -4.74. The lowest BCUT2D eigenvalue weighted by molar-refractivity contribution is -0.274. The van der Waals surface area contributed by atoms with Gasteiger partial charge in [-0.2, -0.15) is 0 Å². The van der Waals surface area contributed by atoms with Crippen molar-refractivity contribution in [3.63, 3.8) is 0 Å². The monoisotopic (exact) mass is 320 g/mol. The van der Waals surface area contributed by atoms with Crippen LogP contribution < -0.4 is 4.74 Å². The number of allylic oxidation sites excluding steroid dienone is 1. The smallest absolute Gasteiger partial charge is 0.508 e. The largest absolute Gasteiger partial charge is 0.573 e. The first-order valence-corrected chi connectivity index (χ1v) is 6.75. The quantitative estimate of drug-likeness (QED) is 0.847. The molecule has 6 heteroatoms. The van der Waals surface area contributed by atoms with Crippen molar-refractivity contribution >= 4 is 11.9 Å². The molecule has 0 radical (unpaired) electrons. The standard InChI is InChI=1S/C17H11F3O3/c18-17(19,20)23-12-6-4-10(5-7-12)8-11-9-14-13(16(11)22)2-1-3-15(14)21/h1-8,21H,9H2/b11-8+. The van der Waals surface area contributed by atoms with E-state index < -0.39 is 6.36 Å². The number of carbonyl (C=O) groups is 1. The molecular formula is C17H11F3O3. The van der Waals surface area contributed by atoms with E-state index in [9.17, 15) is 23.1 Å². The molecule has 0 atom stereocenters. The molecule has 0 aliphatic heterocycles. The maximum Gasteiger partial charge on any atom is 0.573 e. The van der Waals surface area contributed by atoms with Gasteiger partial charge in [0.25, 0.3) is 0 Å². The van der Waals surface area contributed by atoms with Crippen LogP contribution in [-0.2, 0) is 6.42 Å². The summed E-state index contributed by atoms with van der Waals surface area (Å²) in [4.78, 5) is 12.3. The zero-order chi connectivity index (χ0) is 16.6. The average molecular weight is 320 g/mol. The number of hydrogen-bond donors (Lipinski definition) is 1. The molecule has 0 fully saturated rings. The lowest BCUT2D eigenvalue weighted by Gasteiger charge is -2.08. The second-order valence-corrected chi connectivity index (χ2v) is 5.10. The van der Waals surface area contributed by atoms with Crippen molar-refractivity contribution in [2.24, 2.45) is 0 Å². The number of halogens is 3. The first kappa shape index (κ1) is 15.1. The van der Waals surface area contributed by atoms with Gasteiger partial charge in [0.15, 0.2) is 5.78 Å². The summed E-state index contributed by atoms with van der Waals surface area (Å²) < 4.78 is 40.1. The Morgan fingerprint density at radius 1 is 1.09 bits per heavy atom. The van der Waals surface area contributed by atoms with Gasteiger partial charge in [0.1, 0.15) is 11.5 Å². The van der Waals surface area contributed by atoms with Gasteiger partial charge in [-0.05, 0) is 29.8 Å². The summed E-state index contributed by atoms with van der Waals surface area (Å²) in [6.45, 7) is 0. The fourth-order valence-corrected chi connectivity index (χ4v) is 2.50. The van der Waals surface area contributed by atoms with E-state index in [1.807, 2.05) is 0 Å². The van der Waals surface area contributed by atoms with Crippen LogP contribution in [-0.4, -0.2) is 17.3 Å². The van der Waals surface area contributed by atoms with Gasteiger partial charge in [-0.15, -0.1) is 13.2 Å². The number of Topliss-reactive ketones (excluding diaryl/α,β-unsaturated/α-hetero) is 1. The van der Waals surface area contributed by atoms with Crippen LogP contribution >= 0.6 is 0 Å². The van der Waals surface area contributed by atoms with Gasteiger partial charge in [-0.25, -0.2) is 0 Å². The van der Waals surface area contributed by atoms with Gasteiger partial charge < -0.3 is 9.84 Å². The molecule has 1 aliphatic rings. The summed E-state index contributed by atoms with van der Waals surface area (Å²) in [6, 6.07) is 9.98. The number of phenols is 1. The topological polar surface area (TPSA) is 46.5 Å². The lowest BCUT2D eigenvalue weighted by atomic mass is 10.1. The highest BCUT2D eigenvalue weighted by Crippen LogP contribution is 2.33. The number of benzene rings is 2. The maximum atomic E-state index is 12.3. The summed E-state index contributed by atoms with van der Waals surface area (Å²) >= 11 is 0. The summed E-state index contributed by atoms with van der Waals surface area (Å²) in [7, 11) is 0. The van der Waals surface area contributed by atoms with E-state index in [0.29, 0.717) is 28.7 Å². The molecule has 3 rings (SSSR count). The van der Waals surface area contributed by atoms with Gasteiger partial charge in [0, 0.05) is 23.1 Å². The number of carbonyl (C=O) groups excluding carboxylic acids is 1. The van der Waals surface area contributed by atoms with E-state index in [0.717, 1.165) is 0 Å². The molecule has 23 heavy (non-hydrogen) atoms. The van der Waals surface area contributed by atoms with E-state index in [-0.39, 0.29) is 17.3 Å². The van der Waals surface area contributed by atoms with Crippen LogP contribution in [0.15, 0.2) is 48.0 Å². The number of aromatic hydroxyl groups is 1. The van der Waals surface area contributed by atoms with E-state index in [4.69, 9.17) is 0 Å². The lowest BCUT2D eigenvalue weighted by Crippen LogP contribution is -2.16. The summed E-state index contributed by atoms with van der Waals surface area (Å²) in [6.07, 6.45) is -2.85. The molecule has 2 aromatic rings. The van der Waals surface area contributed by atoms with Gasteiger partial charge in [-0.1, -0.05) is 24.3 Å². The molecule has 0 bridgehead atoms. The van der Waals surface area contributed by atoms with E-state index in [1.54, 1.807) is 18.2 Å². The van der Waals surface area contributed by atoms with Gasteiger partial charge in [0.05, 0.1) is 0 Å². The van der Waals surface area contributed by atoms with Crippen LogP contribution in [0.25, 0.3) is 6.08 Å². The van der Waals surface area contributed by atoms with Crippen molar-refractivity contribution in [3.05, 3.63) is 64.7 Å². The van der Waals surface area contributed by atoms with Crippen LogP contribution in [0, 0.1) is 0 Å². The Morgan fingerprint density at radius 2 is 1.78 bits per heavy atom. The number of ether oxygens (including phenoxy) is 1. The highest BCUT2D eigenvalue weighted by atomic mass is 19.4. The Labute approximate surface area is 129 Å². The first-order chi connectivity index (χ1) is 10.8. The second-order valence-electron chi connectivity index (χ2n) is 5.10. The molecule has 1 aliphatic carbocycles. The fraction of sp³-hybridized carbons (Fsp3) is 0.118. The number of ketones is 1. The molecule has 2 aromatic carbocycles. The van der Waals surface area contributed by atoms with Crippen LogP contribution in [0.2, 0.25) is 0 Å². The Hall–Kier alpha value is -2.76. The Balaban J connectivity index is 1.84. The van der Waals surface area contributed by atoms with E-state index in [1.165, 1.54) is 30.3 Å². The third kappa shape index (κ3) is 3.21. The fourth-order valence-electron chi connectivity index (χ4n) is 2.50. The second kappa shape index (κ2) is 5.46. The molecule has 0 unspecified atom stereocenters. The molecular weight excluding hydrogens is 309 g/mol. The number of phenolic OH excluding ortho intramolecular Hbond substituents is 1. The molecule has 0 spiro atoms. The number of hydrogen-bond acceptors (Lipinski definition) is 3. The van der Waals surface area contributed by atoms with Crippen molar-refractivity contribution in [2.75, 3.05) is 0 Å². The van der Waals surface area contributed by atoms with Crippen molar-refractivity contribution in [2.45, 2.75) is 12.8 Å². The molecule has 3 nitrogen and oxygen atoms in total. The van der Waals surface area contributed by atoms with Crippen LogP contribution in [0.3, 0.4) is 0 Å². The predicted molar refractivity (Wildman–Crippen MR) is 77.2 cm³/mol. The molecule has 118 valence electrons. The summed E-state index contributed by atoms with van der Waals surface area (Å²) in [5.41, 5.74) is 2.08. The molecule has 0 saturated carbocycles. The van der Waals surface area contributed by atoms with Gasteiger partial charge in [-0.3, -0.25) is 4.79 Å². The number of alkyl halides is 3. The average Bonchev–Trinajstić information content (AvgIpc) is 2.78. The van der Waals surface area contributed by atoms with Crippen molar-refractivity contribution in [3.8, 4) is 11.5 Å². The highest BCUT2D eigenvalue weighted by molar-refractivity contribution is 6.16. The van der Waals surface area contributed by atoms with Gasteiger partial charge in [0.2, 0.25) is 0 Å². The van der Waals surface area contributed by atoms with Crippen molar-refractivity contribution < 1.29 is 27.8 Å². The normalized spacial score (nSPS) is 15.8. The third-order valence-electron chi connectivity index (χ3n) is 3.51.